The van der Waals surface area contributed by atoms with Crippen molar-refractivity contribution in [3.63, 3.8) is 0 Å². The van der Waals surface area contributed by atoms with E-state index in [0.717, 1.165) is 16.7 Å². The fourth-order valence-electron chi connectivity index (χ4n) is 5.00. The Morgan fingerprint density at radius 2 is 1.73 bits per heavy atom. The second-order valence-corrected chi connectivity index (χ2v) is 11.8. The Hall–Kier alpha value is -3.65. The highest BCUT2D eigenvalue weighted by Gasteiger charge is 2.46. The van der Waals surface area contributed by atoms with Gasteiger partial charge in [-0.15, -0.1) is 0 Å². The highest BCUT2D eigenvalue weighted by molar-refractivity contribution is 5.93. The van der Waals surface area contributed by atoms with E-state index in [1.54, 1.807) is 24.8 Å². The van der Waals surface area contributed by atoms with Gasteiger partial charge in [0.1, 0.15) is 11.3 Å². The zero-order valence-electron chi connectivity index (χ0n) is 25.0. The number of carbonyl (C=O) groups excluding carboxylic acids is 2. The van der Waals surface area contributed by atoms with E-state index < -0.39 is 17.3 Å². The first kappa shape index (κ1) is 30.9. The Morgan fingerprint density at radius 1 is 1.10 bits per heavy atom. The summed E-state index contributed by atoms with van der Waals surface area (Å²) in [7, 11) is 0. The summed E-state index contributed by atoms with van der Waals surface area (Å²) in [5.74, 6) is -0.207. The number of aromatic amines is 1. The smallest absolute Gasteiger partial charge is 0.411 e. The molecule has 2 atom stereocenters. The van der Waals surface area contributed by atoms with Crippen LogP contribution in [0.5, 0.6) is 0 Å². The lowest BCUT2D eigenvalue weighted by Gasteiger charge is -2.45. The summed E-state index contributed by atoms with van der Waals surface area (Å²) in [4.78, 5) is 27.5. The fourth-order valence-corrected chi connectivity index (χ4v) is 5.00. The molecule has 4 rings (SSSR count). The summed E-state index contributed by atoms with van der Waals surface area (Å²) in [5.41, 5.74) is 1.55. The SMILES string of the molecule is CC.C[C@@H](c1ccc(-c2cc(C(=O)NC(C)(C)C)[nH]n2)cc1)N1CC[C@](CC(C)(C)O)(c2ccccc2)OC1=O. The van der Waals surface area contributed by atoms with Gasteiger partial charge >= 0.3 is 6.09 Å². The number of amides is 2. The maximum absolute atomic E-state index is 13.3. The third-order valence-electron chi connectivity index (χ3n) is 6.76. The van der Waals surface area contributed by atoms with E-state index in [0.29, 0.717) is 30.8 Å². The van der Waals surface area contributed by atoms with Crippen LogP contribution in [0.15, 0.2) is 60.7 Å². The van der Waals surface area contributed by atoms with Gasteiger partial charge in [-0.2, -0.15) is 5.10 Å². The molecule has 3 N–H and O–H groups in total. The van der Waals surface area contributed by atoms with Crippen molar-refractivity contribution in [1.82, 2.24) is 20.4 Å². The van der Waals surface area contributed by atoms with Crippen molar-refractivity contribution in [1.29, 1.82) is 0 Å². The Labute approximate surface area is 238 Å². The molecule has 1 saturated heterocycles. The standard InChI is InChI=1S/C30H38N4O4.C2H6/c1-20(21-12-14-22(15-13-21)24-18-25(33-32-24)26(35)31-28(2,3)4)34-17-16-30(38-27(34)36,19-29(5,6)37)23-10-8-7-9-11-23;1-2/h7-15,18,20,37H,16-17,19H2,1-6H3,(H,31,35)(H,32,33);1-2H3/t20-,30-;/m0./s1. The van der Waals surface area contributed by atoms with Crippen LogP contribution in [0.1, 0.15) is 95.9 Å². The number of cyclic esters (lactones) is 1. The van der Waals surface area contributed by atoms with Gasteiger partial charge in [-0.05, 0) is 58.7 Å². The van der Waals surface area contributed by atoms with Crippen LogP contribution in [0.25, 0.3) is 11.3 Å². The van der Waals surface area contributed by atoms with Crippen LogP contribution >= 0.6 is 0 Å². The van der Waals surface area contributed by atoms with Gasteiger partial charge in [-0.25, -0.2) is 4.79 Å². The van der Waals surface area contributed by atoms with E-state index in [1.807, 2.05) is 96.1 Å². The van der Waals surface area contributed by atoms with Gasteiger partial charge in [0.05, 0.1) is 17.3 Å². The Morgan fingerprint density at radius 3 is 2.27 bits per heavy atom. The largest absolute Gasteiger partial charge is 0.438 e. The van der Waals surface area contributed by atoms with Crippen molar-refractivity contribution in [3.8, 4) is 11.3 Å². The minimum absolute atomic E-state index is 0.207. The molecule has 0 radical (unpaired) electrons. The number of hydrogen-bond acceptors (Lipinski definition) is 5. The van der Waals surface area contributed by atoms with Crippen LogP contribution in [0.4, 0.5) is 4.79 Å². The molecule has 0 spiro atoms. The second kappa shape index (κ2) is 12.3. The lowest BCUT2D eigenvalue weighted by Crippen LogP contribution is -2.51. The van der Waals surface area contributed by atoms with Gasteiger partial charge < -0.3 is 20.1 Å². The minimum atomic E-state index is -1.00. The van der Waals surface area contributed by atoms with E-state index in [-0.39, 0.29) is 17.5 Å². The maximum atomic E-state index is 13.3. The summed E-state index contributed by atoms with van der Waals surface area (Å²) >= 11 is 0. The van der Waals surface area contributed by atoms with E-state index in [2.05, 4.69) is 15.5 Å². The Balaban J connectivity index is 0.00000216. The molecule has 2 amide bonds. The van der Waals surface area contributed by atoms with Crippen molar-refractivity contribution in [2.24, 2.45) is 0 Å². The molecule has 8 heteroatoms. The summed E-state index contributed by atoms with van der Waals surface area (Å²) < 4.78 is 6.12. The molecule has 216 valence electrons. The molecule has 0 saturated carbocycles. The summed E-state index contributed by atoms with van der Waals surface area (Å²) in [6.45, 7) is 15.7. The van der Waals surface area contributed by atoms with Crippen LogP contribution in [0.2, 0.25) is 0 Å². The predicted octanol–water partition coefficient (Wildman–Crippen LogP) is 6.59. The van der Waals surface area contributed by atoms with Crippen molar-refractivity contribution < 1.29 is 19.4 Å². The Bertz CT molecular complexity index is 1270. The third kappa shape index (κ3) is 7.50. The number of benzene rings is 2. The molecule has 0 aliphatic carbocycles. The van der Waals surface area contributed by atoms with Crippen LogP contribution in [-0.4, -0.2) is 49.9 Å². The monoisotopic (exact) mass is 548 g/mol. The van der Waals surface area contributed by atoms with Gasteiger partial charge in [-0.1, -0.05) is 68.4 Å². The van der Waals surface area contributed by atoms with E-state index in [1.165, 1.54) is 0 Å². The van der Waals surface area contributed by atoms with Gasteiger partial charge in [0.25, 0.3) is 5.91 Å². The highest BCUT2D eigenvalue weighted by Crippen LogP contribution is 2.42. The fraction of sp³-hybridized carbons (Fsp3) is 0.469. The molecule has 1 aliphatic rings. The third-order valence-corrected chi connectivity index (χ3v) is 6.76. The number of aromatic nitrogens is 2. The number of rotatable bonds is 7. The molecule has 3 aromatic rings. The molecule has 2 aromatic carbocycles. The number of H-pyrrole nitrogens is 1. The molecule has 40 heavy (non-hydrogen) atoms. The Kier molecular flexibility index (Phi) is 9.46. The molecular formula is C32H44N4O4. The van der Waals surface area contributed by atoms with Crippen LogP contribution in [0.3, 0.4) is 0 Å². The second-order valence-electron chi connectivity index (χ2n) is 11.8. The summed E-state index contributed by atoms with van der Waals surface area (Å²) in [6.07, 6.45) is 0.483. The van der Waals surface area contributed by atoms with Crippen molar-refractivity contribution in [2.75, 3.05) is 6.54 Å². The quantitative estimate of drug-likeness (QED) is 0.309. The number of hydrogen-bond donors (Lipinski definition) is 3. The van der Waals surface area contributed by atoms with E-state index in [9.17, 15) is 14.7 Å². The average molecular weight is 549 g/mol. The molecule has 8 nitrogen and oxygen atoms in total. The lowest BCUT2D eigenvalue weighted by molar-refractivity contribution is -0.101. The molecule has 0 bridgehead atoms. The normalized spacial score (nSPS) is 18.3. The van der Waals surface area contributed by atoms with Gasteiger partial charge in [0, 0.05) is 30.5 Å². The summed E-state index contributed by atoms with van der Waals surface area (Å²) in [5, 5.41) is 20.6. The molecule has 1 fully saturated rings. The molecule has 2 heterocycles. The topological polar surface area (TPSA) is 108 Å². The number of nitrogens with one attached hydrogen (secondary N) is 2. The predicted molar refractivity (Wildman–Crippen MR) is 158 cm³/mol. The van der Waals surface area contributed by atoms with E-state index in [4.69, 9.17) is 4.74 Å². The van der Waals surface area contributed by atoms with Crippen LogP contribution in [0, 0.1) is 0 Å². The first-order valence-electron chi connectivity index (χ1n) is 14.0. The molecule has 0 unspecified atom stereocenters. The molecular weight excluding hydrogens is 504 g/mol. The minimum Gasteiger partial charge on any atom is -0.438 e. The van der Waals surface area contributed by atoms with E-state index >= 15 is 0 Å². The molecule has 1 aliphatic heterocycles. The summed E-state index contributed by atoms with van der Waals surface area (Å²) in [6, 6.07) is 19.0. The average Bonchev–Trinajstić information content (AvgIpc) is 3.39. The highest BCUT2D eigenvalue weighted by atomic mass is 16.6. The number of aliphatic hydroxyl groups is 1. The van der Waals surface area contributed by atoms with Crippen molar-refractivity contribution in [2.45, 2.75) is 91.0 Å². The van der Waals surface area contributed by atoms with Gasteiger partial charge in [0.15, 0.2) is 0 Å². The number of carbonyl (C=O) groups is 2. The number of nitrogens with zero attached hydrogens (tertiary/aromatic N) is 2. The first-order valence-corrected chi connectivity index (χ1v) is 14.0. The first-order chi connectivity index (χ1) is 18.8. The van der Waals surface area contributed by atoms with Crippen molar-refractivity contribution in [3.05, 3.63) is 77.5 Å². The van der Waals surface area contributed by atoms with Gasteiger partial charge in [0.2, 0.25) is 0 Å². The zero-order valence-corrected chi connectivity index (χ0v) is 25.0. The van der Waals surface area contributed by atoms with Crippen LogP contribution in [-0.2, 0) is 10.3 Å². The van der Waals surface area contributed by atoms with Crippen LogP contribution < -0.4 is 5.32 Å². The molecule has 1 aromatic heterocycles. The lowest BCUT2D eigenvalue weighted by atomic mass is 9.80. The maximum Gasteiger partial charge on any atom is 0.411 e. The van der Waals surface area contributed by atoms with Gasteiger partial charge in [-0.3, -0.25) is 9.89 Å². The van der Waals surface area contributed by atoms with Crippen molar-refractivity contribution >= 4 is 12.0 Å². The number of ether oxygens (including phenoxy) is 1. The zero-order chi connectivity index (χ0) is 29.7.